The number of aliphatic hydroxyl groups is 1. The summed E-state index contributed by atoms with van der Waals surface area (Å²) in [4.78, 5) is 8.76. The third kappa shape index (κ3) is 5.60. The fraction of sp³-hybridized carbons (Fsp3) is 0.462. The molecule has 7 nitrogen and oxygen atoms in total. The Kier molecular flexibility index (Phi) is 7.67. The van der Waals surface area contributed by atoms with E-state index in [4.69, 9.17) is 19.3 Å². The van der Waals surface area contributed by atoms with Gasteiger partial charge < -0.3 is 24.6 Å². The molecule has 1 heterocycles. The van der Waals surface area contributed by atoms with E-state index in [1.54, 1.807) is 19.1 Å². The largest absolute Gasteiger partial charge is 0.493 e. The highest BCUT2D eigenvalue weighted by Gasteiger charge is 2.57. The highest BCUT2D eigenvalue weighted by atomic mass is 19.3. The second-order valence-corrected chi connectivity index (χ2v) is 9.57. The predicted molar refractivity (Wildman–Crippen MR) is 130 cm³/mol. The van der Waals surface area contributed by atoms with Crippen LogP contribution in [0.4, 0.5) is 27.8 Å². The lowest BCUT2D eigenvalue weighted by molar-refractivity contribution is -0.190. The maximum Gasteiger partial charge on any atom is 0.298 e. The summed E-state index contributed by atoms with van der Waals surface area (Å²) in [5, 5.41) is 12.4. The molecule has 1 aromatic heterocycles. The number of benzene rings is 2. The van der Waals surface area contributed by atoms with E-state index in [2.05, 4.69) is 15.3 Å². The van der Waals surface area contributed by atoms with Crippen LogP contribution in [0.1, 0.15) is 29.8 Å². The number of aromatic nitrogens is 2. The molecule has 206 valence electrons. The summed E-state index contributed by atoms with van der Waals surface area (Å²) in [6, 6.07) is 6.73. The number of anilines is 1. The zero-order chi connectivity index (χ0) is 27.7. The molecule has 0 aliphatic heterocycles. The number of hydrogen-bond donors (Lipinski definition) is 2. The Morgan fingerprint density at radius 1 is 1.08 bits per heavy atom. The van der Waals surface area contributed by atoms with Crippen molar-refractivity contribution in [3.8, 4) is 11.5 Å². The number of rotatable bonds is 11. The molecule has 12 heteroatoms. The first-order valence-corrected chi connectivity index (χ1v) is 11.8. The van der Waals surface area contributed by atoms with Crippen molar-refractivity contribution in [2.75, 3.05) is 39.4 Å². The molecule has 0 atom stereocenters. The van der Waals surface area contributed by atoms with E-state index in [0.717, 1.165) is 6.07 Å². The molecule has 2 N–H and O–H groups in total. The lowest BCUT2D eigenvalue weighted by Crippen LogP contribution is -2.52. The number of hydrogen-bond acceptors (Lipinski definition) is 7. The Morgan fingerprint density at radius 2 is 1.82 bits per heavy atom. The van der Waals surface area contributed by atoms with Gasteiger partial charge in [-0.05, 0) is 19.1 Å². The minimum atomic E-state index is -3.73. The number of aryl methyl sites for hydroxylation is 1. The number of alkyl halides is 4. The first-order valence-electron chi connectivity index (χ1n) is 11.8. The summed E-state index contributed by atoms with van der Waals surface area (Å²) in [6.45, 7) is -0.000355. The zero-order valence-electron chi connectivity index (χ0n) is 21.1. The van der Waals surface area contributed by atoms with Crippen LogP contribution in [0.5, 0.6) is 11.5 Å². The fourth-order valence-corrected chi connectivity index (χ4v) is 4.75. The van der Waals surface area contributed by atoms with Gasteiger partial charge in [-0.15, -0.1) is 0 Å². The second kappa shape index (κ2) is 10.5. The molecule has 3 aromatic rings. The molecule has 0 bridgehead atoms. The predicted octanol–water partition coefficient (Wildman–Crippen LogP) is 5.22. The van der Waals surface area contributed by atoms with Crippen molar-refractivity contribution >= 4 is 16.7 Å². The van der Waals surface area contributed by atoms with E-state index in [0.29, 0.717) is 22.5 Å². The van der Waals surface area contributed by atoms with Gasteiger partial charge in [-0.3, -0.25) is 0 Å². The summed E-state index contributed by atoms with van der Waals surface area (Å²) in [7, 11) is 2.87. The maximum absolute atomic E-state index is 14.8. The van der Waals surface area contributed by atoms with Crippen LogP contribution in [-0.2, 0) is 17.2 Å². The molecule has 1 fully saturated rings. The molecular formula is C26H28F5N3O4. The van der Waals surface area contributed by atoms with E-state index in [1.165, 1.54) is 26.4 Å². The third-order valence-corrected chi connectivity index (χ3v) is 6.46. The summed E-state index contributed by atoms with van der Waals surface area (Å²) in [6.07, 6.45) is -0.725. The maximum atomic E-state index is 14.8. The molecule has 0 amide bonds. The van der Waals surface area contributed by atoms with Gasteiger partial charge in [-0.1, -0.05) is 12.1 Å². The molecule has 4 rings (SSSR count). The molecule has 0 spiro atoms. The van der Waals surface area contributed by atoms with Gasteiger partial charge in [-0.2, -0.15) is 8.78 Å². The van der Waals surface area contributed by atoms with Crippen LogP contribution in [0.25, 0.3) is 10.9 Å². The summed E-state index contributed by atoms with van der Waals surface area (Å²) in [5.74, 6) is -6.40. The van der Waals surface area contributed by atoms with Gasteiger partial charge >= 0.3 is 0 Å². The first kappa shape index (κ1) is 27.8. The van der Waals surface area contributed by atoms with Crippen molar-refractivity contribution in [3.05, 3.63) is 53.1 Å². The molecule has 1 aliphatic rings. The lowest BCUT2D eigenvalue weighted by Gasteiger charge is -2.46. The Balaban J connectivity index is 1.63. The van der Waals surface area contributed by atoms with E-state index < -0.39 is 35.2 Å². The van der Waals surface area contributed by atoms with Crippen LogP contribution in [0.2, 0.25) is 0 Å². The van der Waals surface area contributed by atoms with E-state index in [9.17, 15) is 22.0 Å². The minimum Gasteiger partial charge on any atom is -0.493 e. The number of halogens is 5. The van der Waals surface area contributed by atoms with Gasteiger partial charge in [0, 0.05) is 48.9 Å². The summed E-state index contributed by atoms with van der Waals surface area (Å²) < 4.78 is 86.5. The van der Waals surface area contributed by atoms with Crippen molar-refractivity contribution in [3.63, 3.8) is 0 Å². The van der Waals surface area contributed by atoms with Gasteiger partial charge in [-0.25, -0.2) is 23.1 Å². The van der Waals surface area contributed by atoms with E-state index in [1.807, 2.05) is 0 Å². The average Bonchev–Trinajstić information content (AvgIpc) is 2.85. The summed E-state index contributed by atoms with van der Waals surface area (Å²) >= 11 is 0. The topological polar surface area (TPSA) is 85.7 Å². The third-order valence-electron chi connectivity index (χ3n) is 6.46. The average molecular weight is 542 g/mol. The van der Waals surface area contributed by atoms with Crippen molar-refractivity contribution in [2.45, 2.75) is 38.2 Å². The smallest absolute Gasteiger partial charge is 0.298 e. The van der Waals surface area contributed by atoms with Crippen molar-refractivity contribution in [1.82, 2.24) is 9.97 Å². The molecule has 0 saturated heterocycles. The number of nitrogens with zero attached hydrogens (tertiary/aromatic N) is 2. The van der Waals surface area contributed by atoms with Crippen LogP contribution in [-0.4, -0.2) is 55.0 Å². The normalized spacial score (nSPS) is 16.2. The Labute approximate surface area is 215 Å². The van der Waals surface area contributed by atoms with Crippen LogP contribution >= 0.6 is 0 Å². The fourth-order valence-electron chi connectivity index (χ4n) is 4.75. The van der Waals surface area contributed by atoms with Gasteiger partial charge in [0.15, 0.2) is 11.5 Å². The number of methoxy groups -OCH3 is 2. The lowest BCUT2D eigenvalue weighted by atomic mass is 9.67. The highest BCUT2D eigenvalue weighted by molar-refractivity contribution is 5.91. The van der Waals surface area contributed by atoms with Gasteiger partial charge in [0.05, 0.1) is 31.4 Å². The number of ether oxygens (including phenoxy) is 3. The Hall–Kier alpha value is -3.25. The van der Waals surface area contributed by atoms with Crippen LogP contribution in [0.15, 0.2) is 30.3 Å². The molecule has 1 saturated carbocycles. The van der Waals surface area contributed by atoms with Gasteiger partial charge in [0.1, 0.15) is 24.1 Å². The monoisotopic (exact) mass is 541 g/mol. The second-order valence-electron chi connectivity index (χ2n) is 9.57. The SMILES string of the molecule is COCC1(COc2cc3c(NCc4cccc(C(F)(F)CO)c4F)nc(C)nc3cc2OC)CC(F)(F)C1. The molecule has 0 radical (unpaired) electrons. The van der Waals surface area contributed by atoms with E-state index in [-0.39, 0.29) is 49.7 Å². The van der Waals surface area contributed by atoms with Gasteiger partial charge in [0.2, 0.25) is 5.92 Å². The molecular weight excluding hydrogens is 513 g/mol. The number of aliphatic hydroxyl groups excluding tert-OH is 1. The minimum absolute atomic E-state index is 0.0369. The summed E-state index contributed by atoms with van der Waals surface area (Å²) in [5.41, 5.74) is -1.35. The molecule has 1 aliphatic carbocycles. The number of fused-ring (bicyclic) bond motifs is 1. The molecule has 38 heavy (non-hydrogen) atoms. The van der Waals surface area contributed by atoms with Crippen LogP contribution < -0.4 is 14.8 Å². The standard InChI is InChI=1S/C26H28F5N3O4/c1-15-33-19-8-20(37-3)21(38-14-24(13-36-2)10-25(28,29)11-24)7-17(19)23(34-15)32-9-16-5-4-6-18(22(16)27)26(30,31)12-35/h4-8,35H,9-14H2,1-3H3,(H,32,33,34). The molecule has 2 aromatic carbocycles. The van der Waals surface area contributed by atoms with Crippen molar-refractivity contribution < 1.29 is 41.3 Å². The van der Waals surface area contributed by atoms with Crippen molar-refractivity contribution in [2.24, 2.45) is 5.41 Å². The Morgan fingerprint density at radius 3 is 2.45 bits per heavy atom. The van der Waals surface area contributed by atoms with E-state index >= 15 is 0 Å². The molecule has 0 unspecified atom stereocenters. The zero-order valence-corrected chi connectivity index (χ0v) is 21.1. The highest BCUT2D eigenvalue weighted by Crippen LogP contribution is 2.52. The van der Waals surface area contributed by atoms with Crippen LogP contribution in [0, 0.1) is 18.2 Å². The number of nitrogens with one attached hydrogen (secondary N) is 1. The first-order chi connectivity index (χ1) is 17.9. The van der Waals surface area contributed by atoms with Crippen LogP contribution in [0.3, 0.4) is 0 Å². The Bertz CT molecular complexity index is 1310. The quantitative estimate of drug-likeness (QED) is 0.322. The van der Waals surface area contributed by atoms with Crippen molar-refractivity contribution in [1.29, 1.82) is 0 Å². The van der Waals surface area contributed by atoms with Gasteiger partial charge in [0.25, 0.3) is 5.92 Å².